The maximum absolute atomic E-state index is 13.4. The number of rotatable bonds is 15. The second-order valence-corrected chi connectivity index (χ2v) is 12.5. The lowest BCUT2D eigenvalue weighted by Crippen LogP contribution is -2.51. The van der Waals surface area contributed by atoms with Gasteiger partial charge in [-0.15, -0.1) is 0 Å². The highest BCUT2D eigenvalue weighted by molar-refractivity contribution is 6.00. The van der Waals surface area contributed by atoms with Gasteiger partial charge in [-0.3, -0.25) is 19.2 Å². The summed E-state index contributed by atoms with van der Waals surface area (Å²) in [6.45, 7) is 8.01. The Hall–Kier alpha value is -4.99. The van der Waals surface area contributed by atoms with Crippen LogP contribution in [0.1, 0.15) is 56.1 Å². The van der Waals surface area contributed by atoms with Crippen LogP contribution in [0.5, 0.6) is 0 Å². The Bertz CT molecular complexity index is 1650. The first kappa shape index (κ1) is 33.9. The van der Waals surface area contributed by atoms with Crippen molar-refractivity contribution in [3.8, 4) is 0 Å². The molecule has 0 radical (unpaired) electrons. The molecule has 5 N–H and O–H groups in total. The maximum atomic E-state index is 13.4. The van der Waals surface area contributed by atoms with E-state index in [1.165, 1.54) is 0 Å². The Morgan fingerprint density at radius 3 is 2.24 bits per heavy atom. The lowest BCUT2D eigenvalue weighted by Gasteiger charge is -2.22. The summed E-state index contributed by atoms with van der Waals surface area (Å²) < 4.78 is 3.76. The van der Waals surface area contributed by atoms with Crippen LogP contribution >= 0.6 is 0 Å². The summed E-state index contributed by atoms with van der Waals surface area (Å²) in [5.41, 5.74) is 7.09. The van der Waals surface area contributed by atoms with E-state index in [0.29, 0.717) is 24.9 Å². The maximum Gasteiger partial charge on any atom is 0.266 e. The summed E-state index contributed by atoms with van der Waals surface area (Å²) in [6, 6.07) is 21.5. The van der Waals surface area contributed by atoms with E-state index >= 15 is 0 Å². The fraction of sp³-hybridized carbons (Fsp3) is 0.361. The molecule has 1 aromatic heterocycles. The molecular formula is C36H45N6O4+. The summed E-state index contributed by atoms with van der Waals surface area (Å²) in [5.74, 6) is -1.40. The zero-order chi connectivity index (χ0) is 33.2. The summed E-state index contributed by atoms with van der Waals surface area (Å²) in [6.07, 6.45) is 6.65. The minimum Gasteiger partial charge on any atom is -0.368 e. The number of benzene rings is 3. The highest BCUT2D eigenvalue weighted by Crippen LogP contribution is 2.19. The predicted octanol–water partition coefficient (Wildman–Crippen LogP) is 3.30. The Kier molecular flexibility index (Phi) is 11.7. The van der Waals surface area contributed by atoms with Crippen LogP contribution in [0.3, 0.4) is 0 Å². The minimum absolute atomic E-state index is 0.143. The van der Waals surface area contributed by atoms with E-state index in [2.05, 4.69) is 16.0 Å². The second-order valence-electron chi connectivity index (χ2n) is 12.5. The van der Waals surface area contributed by atoms with Gasteiger partial charge >= 0.3 is 0 Å². The van der Waals surface area contributed by atoms with Crippen LogP contribution < -0.4 is 26.3 Å². The highest BCUT2D eigenvalue weighted by atomic mass is 16.2. The smallest absolute Gasteiger partial charge is 0.266 e. The van der Waals surface area contributed by atoms with Gasteiger partial charge in [0, 0.05) is 5.56 Å². The van der Waals surface area contributed by atoms with Crippen LogP contribution in [0.25, 0.3) is 10.8 Å². The molecule has 3 atom stereocenters. The molecule has 0 spiro atoms. The third-order valence-electron chi connectivity index (χ3n) is 7.88. The first-order valence-corrected chi connectivity index (χ1v) is 15.8. The number of nitrogens with one attached hydrogen (secondary N) is 3. The van der Waals surface area contributed by atoms with E-state index in [0.717, 1.165) is 16.3 Å². The second kappa shape index (κ2) is 15.8. The van der Waals surface area contributed by atoms with Crippen LogP contribution in [0.4, 0.5) is 0 Å². The molecule has 0 unspecified atom stereocenters. The Balaban J connectivity index is 1.45. The number of aromatic nitrogens is 2. The molecule has 4 aromatic rings. The molecule has 4 rings (SSSR count). The molecule has 0 fully saturated rings. The number of nitrogens with zero attached hydrogens (tertiary/aromatic N) is 2. The van der Waals surface area contributed by atoms with Crippen molar-refractivity contribution in [2.75, 3.05) is 6.54 Å². The van der Waals surface area contributed by atoms with E-state index in [1.54, 1.807) is 6.07 Å². The predicted molar refractivity (Wildman–Crippen MR) is 177 cm³/mol. The van der Waals surface area contributed by atoms with Gasteiger partial charge in [0.15, 0.2) is 6.04 Å². The Morgan fingerprint density at radius 2 is 1.57 bits per heavy atom. The number of hydrogen-bond donors (Lipinski definition) is 4. The Morgan fingerprint density at radius 1 is 0.870 bits per heavy atom. The molecule has 1 heterocycles. The number of primary amides is 1. The molecular weight excluding hydrogens is 580 g/mol. The van der Waals surface area contributed by atoms with E-state index in [9.17, 15) is 19.2 Å². The summed E-state index contributed by atoms with van der Waals surface area (Å²) >= 11 is 0. The molecule has 0 saturated heterocycles. The largest absolute Gasteiger partial charge is 0.368 e. The van der Waals surface area contributed by atoms with Gasteiger partial charge in [-0.05, 0) is 53.1 Å². The molecule has 46 heavy (non-hydrogen) atoms. The van der Waals surface area contributed by atoms with Crippen molar-refractivity contribution in [1.29, 1.82) is 0 Å². The van der Waals surface area contributed by atoms with E-state index < -0.39 is 18.0 Å². The molecule has 242 valence electrons. The fourth-order valence-corrected chi connectivity index (χ4v) is 5.52. The van der Waals surface area contributed by atoms with Crippen LogP contribution in [-0.2, 0) is 27.3 Å². The van der Waals surface area contributed by atoms with Crippen LogP contribution in [-0.4, -0.2) is 46.8 Å². The minimum atomic E-state index is -0.767. The number of fused-ring (bicyclic) bond motifs is 1. The zero-order valence-corrected chi connectivity index (χ0v) is 27.0. The number of imidazole rings is 1. The van der Waals surface area contributed by atoms with Crippen molar-refractivity contribution in [2.45, 2.75) is 65.2 Å². The average molecular weight is 626 g/mol. The average Bonchev–Trinajstić information content (AvgIpc) is 3.48. The first-order chi connectivity index (χ1) is 22.0. The van der Waals surface area contributed by atoms with Crippen molar-refractivity contribution in [3.63, 3.8) is 0 Å². The van der Waals surface area contributed by atoms with E-state index in [4.69, 9.17) is 5.73 Å². The molecule has 0 saturated carbocycles. The first-order valence-electron chi connectivity index (χ1n) is 15.8. The monoisotopic (exact) mass is 625 g/mol. The van der Waals surface area contributed by atoms with Crippen LogP contribution in [0.2, 0.25) is 0 Å². The molecule has 4 amide bonds. The molecule has 10 nitrogen and oxygen atoms in total. The molecule has 0 aliphatic carbocycles. The summed E-state index contributed by atoms with van der Waals surface area (Å²) in [4.78, 5) is 51.3. The van der Waals surface area contributed by atoms with Gasteiger partial charge in [0.05, 0.1) is 12.6 Å². The standard InChI is InChI=1S/C36H44N6O4/c1-24(2)18-31(36(46)40-33(25(3)4)34(37)44)42-17-16-41(23-42)22-30(19-26-10-6-5-7-11-26)39-32(43)21-38-35(45)29-15-14-27-12-8-9-13-28(27)20-29/h5-17,20,23-25,30-31,33H,18-19,21-22H2,1-4H3,(H4-,37,38,39,40,43,44,45,46)/p+1/t30-,31-,33-/m0/s1. The molecule has 0 aliphatic rings. The van der Waals surface area contributed by atoms with Gasteiger partial charge in [0.25, 0.3) is 11.8 Å². The van der Waals surface area contributed by atoms with Crippen LogP contribution in [0.15, 0.2) is 91.5 Å². The molecule has 0 bridgehead atoms. The van der Waals surface area contributed by atoms with E-state index in [1.807, 2.05) is 122 Å². The van der Waals surface area contributed by atoms with E-state index in [-0.39, 0.29) is 42.1 Å². The van der Waals surface area contributed by atoms with Crippen molar-refractivity contribution in [2.24, 2.45) is 17.6 Å². The van der Waals surface area contributed by atoms with Crippen molar-refractivity contribution in [1.82, 2.24) is 20.5 Å². The fourth-order valence-electron chi connectivity index (χ4n) is 5.52. The van der Waals surface area contributed by atoms with Gasteiger partial charge in [0.2, 0.25) is 18.1 Å². The highest BCUT2D eigenvalue weighted by Gasteiger charge is 2.31. The number of nitrogens with two attached hydrogens (primary N) is 1. The topological polar surface area (TPSA) is 139 Å². The number of carbonyl (C=O) groups excluding carboxylic acids is 4. The van der Waals surface area contributed by atoms with Gasteiger partial charge < -0.3 is 21.7 Å². The van der Waals surface area contributed by atoms with Crippen molar-refractivity contribution < 1.29 is 23.7 Å². The molecule has 0 aliphatic heterocycles. The number of hydrogen-bond acceptors (Lipinski definition) is 4. The van der Waals surface area contributed by atoms with Gasteiger partial charge in [0.1, 0.15) is 25.0 Å². The normalized spacial score (nSPS) is 13.3. The number of amides is 4. The summed E-state index contributed by atoms with van der Waals surface area (Å²) in [7, 11) is 0. The van der Waals surface area contributed by atoms with Crippen molar-refractivity contribution in [3.05, 3.63) is 103 Å². The van der Waals surface area contributed by atoms with Crippen LogP contribution in [0, 0.1) is 11.8 Å². The zero-order valence-electron chi connectivity index (χ0n) is 27.0. The summed E-state index contributed by atoms with van der Waals surface area (Å²) in [5, 5.41) is 10.6. The van der Waals surface area contributed by atoms with Gasteiger partial charge in [-0.1, -0.05) is 88.4 Å². The molecule has 3 aromatic carbocycles. The van der Waals surface area contributed by atoms with Crippen molar-refractivity contribution >= 4 is 34.4 Å². The van der Waals surface area contributed by atoms with Gasteiger partial charge in [-0.2, -0.15) is 0 Å². The SMILES string of the molecule is CC(C)C[C@@H](C(=O)N[C@H](C(N)=O)C(C)C)n1cc[n+](C[C@H](Cc2ccccc2)NC(=O)CNC(=O)c2ccc3ccccc3c2)c1. The van der Waals surface area contributed by atoms with Gasteiger partial charge in [-0.25, -0.2) is 9.13 Å². The Labute approximate surface area is 270 Å². The lowest BCUT2D eigenvalue weighted by molar-refractivity contribution is -0.698. The third-order valence-corrected chi connectivity index (χ3v) is 7.88. The quantitative estimate of drug-likeness (QED) is 0.151. The lowest BCUT2D eigenvalue weighted by atomic mass is 10.00. The third kappa shape index (κ3) is 9.50. The molecule has 10 heteroatoms. The number of carbonyl (C=O) groups is 4.